The highest BCUT2D eigenvalue weighted by Crippen LogP contribution is 1.88. The van der Waals surface area contributed by atoms with Crippen molar-refractivity contribution >= 4 is 17.9 Å². The molecule has 3 N–H and O–H groups in total. The number of amides is 3. The molecule has 0 saturated heterocycles. The number of aliphatic carboxylic acids is 1. The Kier molecular flexibility index (Phi) is 6.66. The summed E-state index contributed by atoms with van der Waals surface area (Å²) >= 11 is 0. The third-order valence-corrected chi connectivity index (χ3v) is 1.77. The number of likely N-dealkylation sites (N-methyl/N-ethyl adjacent to an activating group) is 1. The van der Waals surface area contributed by atoms with E-state index in [1.807, 2.05) is 0 Å². The highest BCUT2D eigenvalue weighted by Gasteiger charge is 2.13. The first-order valence-electron chi connectivity index (χ1n) is 4.96. The molecule has 0 fully saturated rings. The Morgan fingerprint density at radius 1 is 1.19 bits per heavy atom. The minimum Gasteiger partial charge on any atom is -0.480 e. The minimum absolute atomic E-state index is 0.174. The lowest BCUT2D eigenvalue weighted by atomic mass is 10.5. The minimum atomic E-state index is -1.06. The number of rotatable bonds is 6. The van der Waals surface area contributed by atoms with Crippen LogP contribution in [0.2, 0.25) is 0 Å². The van der Waals surface area contributed by atoms with E-state index in [2.05, 4.69) is 10.6 Å². The second-order valence-electron chi connectivity index (χ2n) is 3.12. The van der Waals surface area contributed by atoms with E-state index in [1.54, 1.807) is 6.92 Å². The topological polar surface area (TPSA) is 98.7 Å². The van der Waals surface area contributed by atoms with Gasteiger partial charge in [-0.1, -0.05) is 0 Å². The highest BCUT2D eigenvalue weighted by molar-refractivity contribution is 5.80. The molecule has 0 heterocycles. The normalized spacial score (nSPS) is 9.38. The Bertz CT molecular complexity index is 267. The predicted octanol–water partition coefficient (Wildman–Crippen LogP) is -0.761. The first-order chi connectivity index (χ1) is 7.47. The molecule has 7 heteroatoms. The summed E-state index contributed by atoms with van der Waals surface area (Å²) in [6.07, 6.45) is 0. The fourth-order valence-electron chi connectivity index (χ4n) is 1.01. The largest absolute Gasteiger partial charge is 0.480 e. The predicted molar refractivity (Wildman–Crippen MR) is 57.0 cm³/mol. The van der Waals surface area contributed by atoms with E-state index >= 15 is 0 Å². The van der Waals surface area contributed by atoms with Crippen LogP contribution in [0.4, 0.5) is 4.79 Å². The smallest absolute Gasteiger partial charge is 0.323 e. The summed E-state index contributed by atoms with van der Waals surface area (Å²) in [6.45, 7) is 3.65. The average Bonchev–Trinajstić information content (AvgIpc) is 2.20. The van der Waals surface area contributed by atoms with Crippen LogP contribution < -0.4 is 10.6 Å². The lowest BCUT2D eigenvalue weighted by Gasteiger charge is -2.19. The number of carboxylic acids is 1. The molecule has 3 amide bonds. The number of carboxylic acid groups (broad SMARTS) is 1. The summed E-state index contributed by atoms with van der Waals surface area (Å²) < 4.78 is 0. The molecule has 16 heavy (non-hydrogen) atoms. The summed E-state index contributed by atoms with van der Waals surface area (Å²) in [5.41, 5.74) is 0. The molecule has 0 aromatic heterocycles. The van der Waals surface area contributed by atoms with E-state index in [-0.39, 0.29) is 19.0 Å². The highest BCUT2D eigenvalue weighted by atomic mass is 16.4. The van der Waals surface area contributed by atoms with Crippen molar-refractivity contribution < 1.29 is 19.5 Å². The lowest BCUT2D eigenvalue weighted by molar-refractivity contribution is -0.137. The van der Waals surface area contributed by atoms with Gasteiger partial charge in [-0.2, -0.15) is 0 Å². The number of carbonyl (C=O) groups excluding carboxylic acids is 2. The molecular formula is C9H17N3O4. The van der Waals surface area contributed by atoms with Crippen LogP contribution in [0.5, 0.6) is 0 Å². The van der Waals surface area contributed by atoms with Crippen molar-refractivity contribution in [2.75, 3.05) is 26.2 Å². The zero-order chi connectivity index (χ0) is 12.6. The maximum atomic E-state index is 11.4. The summed E-state index contributed by atoms with van der Waals surface area (Å²) in [5, 5.41) is 13.5. The fourth-order valence-corrected chi connectivity index (χ4v) is 1.01. The third kappa shape index (κ3) is 6.63. The van der Waals surface area contributed by atoms with Crippen LogP contribution >= 0.6 is 0 Å². The van der Waals surface area contributed by atoms with E-state index in [9.17, 15) is 14.4 Å². The van der Waals surface area contributed by atoms with Gasteiger partial charge in [0.2, 0.25) is 5.91 Å². The molecule has 0 rings (SSSR count). The Morgan fingerprint density at radius 2 is 1.75 bits per heavy atom. The molecule has 0 atom stereocenters. The molecule has 0 aliphatic heterocycles. The van der Waals surface area contributed by atoms with Crippen LogP contribution in [0, 0.1) is 0 Å². The lowest BCUT2D eigenvalue weighted by Crippen LogP contribution is -2.44. The van der Waals surface area contributed by atoms with E-state index < -0.39 is 12.0 Å². The molecule has 92 valence electrons. The maximum Gasteiger partial charge on any atom is 0.323 e. The monoisotopic (exact) mass is 231 g/mol. The summed E-state index contributed by atoms with van der Waals surface area (Å²) in [7, 11) is 0. The first kappa shape index (κ1) is 14.2. The molecule has 0 aliphatic carbocycles. The van der Waals surface area contributed by atoms with E-state index in [0.29, 0.717) is 13.1 Å². The molecule has 0 bridgehead atoms. The van der Waals surface area contributed by atoms with Gasteiger partial charge in [0.05, 0.1) is 0 Å². The van der Waals surface area contributed by atoms with Gasteiger partial charge < -0.3 is 20.6 Å². The van der Waals surface area contributed by atoms with Gasteiger partial charge in [0, 0.05) is 26.6 Å². The van der Waals surface area contributed by atoms with E-state index in [0.717, 1.165) is 4.90 Å². The molecular weight excluding hydrogens is 214 g/mol. The van der Waals surface area contributed by atoms with Gasteiger partial charge in [0.1, 0.15) is 6.54 Å². The maximum absolute atomic E-state index is 11.4. The molecule has 0 spiro atoms. The SMILES string of the molecule is CCN(CC(=O)O)C(=O)NCCNC(C)=O. The van der Waals surface area contributed by atoms with Gasteiger partial charge in [-0.05, 0) is 6.92 Å². The Hall–Kier alpha value is -1.79. The molecule has 0 unspecified atom stereocenters. The Balaban J connectivity index is 3.84. The number of carbonyl (C=O) groups is 3. The number of nitrogens with zero attached hydrogens (tertiary/aromatic N) is 1. The van der Waals surface area contributed by atoms with Crippen molar-refractivity contribution in [2.24, 2.45) is 0 Å². The van der Waals surface area contributed by atoms with Crippen LogP contribution in [0.15, 0.2) is 0 Å². The summed E-state index contributed by atoms with van der Waals surface area (Å²) in [5.74, 6) is -1.23. The molecule has 0 saturated carbocycles. The zero-order valence-corrected chi connectivity index (χ0v) is 9.45. The van der Waals surface area contributed by atoms with Crippen molar-refractivity contribution in [3.63, 3.8) is 0 Å². The van der Waals surface area contributed by atoms with E-state index in [1.165, 1.54) is 6.92 Å². The van der Waals surface area contributed by atoms with Gasteiger partial charge in [-0.15, -0.1) is 0 Å². The van der Waals surface area contributed by atoms with Gasteiger partial charge in [0.15, 0.2) is 0 Å². The third-order valence-electron chi connectivity index (χ3n) is 1.77. The summed E-state index contributed by atoms with van der Waals surface area (Å²) in [4.78, 5) is 33.5. The van der Waals surface area contributed by atoms with Crippen molar-refractivity contribution in [3.05, 3.63) is 0 Å². The molecule has 0 aliphatic rings. The quantitative estimate of drug-likeness (QED) is 0.523. The number of urea groups is 1. The first-order valence-corrected chi connectivity index (χ1v) is 4.96. The van der Waals surface area contributed by atoms with Crippen LogP contribution in [-0.2, 0) is 9.59 Å². The van der Waals surface area contributed by atoms with Gasteiger partial charge >= 0.3 is 12.0 Å². The van der Waals surface area contributed by atoms with Crippen LogP contribution in [0.3, 0.4) is 0 Å². The zero-order valence-electron chi connectivity index (χ0n) is 9.45. The fraction of sp³-hybridized carbons (Fsp3) is 0.667. The van der Waals surface area contributed by atoms with Crippen molar-refractivity contribution in [3.8, 4) is 0 Å². The van der Waals surface area contributed by atoms with Crippen molar-refractivity contribution in [2.45, 2.75) is 13.8 Å². The van der Waals surface area contributed by atoms with Crippen LogP contribution in [0.1, 0.15) is 13.8 Å². The molecule has 0 aromatic carbocycles. The summed E-state index contributed by atoms with van der Waals surface area (Å²) in [6, 6.07) is -0.449. The molecule has 7 nitrogen and oxygen atoms in total. The van der Waals surface area contributed by atoms with Gasteiger partial charge in [-0.25, -0.2) is 4.79 Å². The van der Waals surface area contributed by atoms with Crippen molar-refractivity contribution in [1.82, 2.24) is 15.5 Å². The van der Waals surface area contributed by atoms with Crippen molar-refractivity contribution in [1.29, 1.82) is 0 Å². The van der Waals surface area contributed by atoms with E-state index in [4.69, 9.17) is 5.11 Å². The van der Waals surface area contributed by atoms with Gasteiger partial charge in [0.25, 0.3) is 0 Å². The Morgan fingerprint density at radius 3 is 2.19 bits per heavy atom. The molecule has 0 aromatic rings. The number of hydrogen-bond acceptors (Lipinski definition) is 3. The van der Waals surface area contributed by atoms with Gasteiger partial charge in [-0.3, -0.25) is 9.59 Å². The van der Waals surface area contributed by atoms with Crippen LogP contribution in [0.25, 0.3) is 0 Å². The second-order valence-corrected chi connectivity index (χ2v) is 3.12. The van der Waals surface area contributed by atoms with Crippen LogP contribution in [-0.4, -0.2) is 54.1 Å². The number of hydrogen-bond donors (Lipinski definition) is 3. The standard InChI is InChI=1S/C9H17N3O4/c1-3-12(6-8(14)15)9(16)11-5-4-10-7(2)13/h3-6H2,1-2H3,(H,10,13)(H,11,16)(H,14,15). The number of nitrogens with one attached hydrogen (secondary N) is 2. The average molecular weight is 231 g/mol. The molecule has 0 radical (unpaired) electrons. The Labute approximate surface area is 93.8 Å². The second kappa shape index (κ2) is 7.49.